The van der Waals surface area contributed by atoms with E-state index in [1.165, 1.54) is 18.4 Å². The molecule has 3 saturated carbocycles. The van der Waals surface area contributed by atoms with Crippen LogP contribution in [0.25, 0.3) is 0 Å². The number of likely N-dealkylation sites (tertiary alicyclic amines) is 1. The van der Waals surface area contributed by atoms with Gasteiger partial charge in [-0.1, -0.05) is 6.07 Å². The van der Waals surface area contributed by atoms with Gasteiger partial charge in [-0.15, -0.1) is 0 Å². The van der Waals surface area contributed by atoms with E-state index in [0.717, 1.165) is 24.4 Å². The molecule has 7 rings (SSSR count). The molecule has 4 aliphatic carbocycles. The Morgan fingerprint density at radius 2 is 2.17 bits per heavy atom. The Morgan fingerprint density at radius 3 is 2.96 bits per heavy atom. The molecule has 24 heavy (non-hydrogen) atoms. The van der Waals surface area contributed by atoms with Crippen LogP contribution < -0.4 is 4.74 Å². The lowest BCUT2D eigenvalue weighted by Gasteiger charge is -2.47. The molecule has 1 aromatic rings. The summed E-state index contributed by atoms with van der Waals surface area (Å²) in [6.07, 6.45) is 3.63. The van der Waals surface area contributed by atoms with Crippen LogP contribution in [0.15, 0.2) is 12.1 Å². The summed E-state index contributed by atoms with van der Waals surface area (Å²) in [5.41, 5.74) is 0.491. The highest BCUT2D eigenvalue weighted by molar-refractivity contribution is 5.92. The summed E-state index contributed by atoms with van der Waals surface area (Å²) in [6.45, 7) is 1.05. The number of fused-ring (bicyclic) bond motifs is 1. The monoisotopic (exact) mass is 325 g/mol. The summed E-state index contributed by atoms with van der Waals surface area (Å²) >= 11 is 0. The molecule has 124 valence electrons. The number of aromatic hydroxyl groups is 1. The van der Waals surface area contributed by atoms with E-state index in [1.54, 1.807) is 6.07 Å². The maximum Gasteiger partial charge on any atom is 0.174 e. The van der Waals surface area contributed by atoms with Crippen molar-refractivity contribution in [2.45, 2.75) is 60.8 Å². The number of phenolic OH excluding ortho intramolecular Hbond substituents is 1. The van der Waals surface area contributed by atoms with Gasteiger partial charge in [0.15, 0.2) is 23.4 Å². The Morgan fingerprint density at radius 1 is 1.33 bits per heavy atom. The van der Waals surface area contributed by atoms with Crippen LogP contribution in [0.2, 0.25) is 0 Å². The van der Waals surface area contributed by atoms with E-state index in [9.17, 15) is 15.0 Å². The van der Waals surface area contributed by atoms with E-state index in [-0.39, 0.29) is 23.1 Å². The van der Waals surface area contributed by atoms with Crippen LogP contribution >= 0.6 is 0 Å². The summed E-state index contributed by atoms with van der Waals surface area (Å²) in [5, 5.41) is 22.1. The maximum absolute atomic E-state index is 12.6. The van der Waals surface area contributed by atoms with Crippen LogP contribution in [0.1, 0.15) is 43.2 Å². The molecule has 4 fully saturated rings. The third-order valence-corrected chi connectivity index (χ3v) is 7.91. The highest BCUT2D eigenvalue weighted by Crippen LogP contribution is 2.82. The lowest BCUT2D eigenvalue weighted by Crippen LogP contribution is -2.64. The molecule has 2 N–H and O–H groups in total. The van der Waals surface area contributed by atoms with Gasteiger partial charge in [0.1, 0.15) is 0 Å². The molecule has 2 spiro atoms. The van der Waals surface area contributed by atoms with Crippen LogP contribution in [0.5, 0.6) is 11.5 Å². The molecule has 6 aliphatic rings. The minimum absolute atomic E-state index is 0.0771. The van der Waals surface area contributed by atoms with Crippen LogP contribution in [0, 0.1) is 5.92 Å². The Hall–Kier alpha value is -1.59. The smallest absolute Gasteiger partial charge is 0.174 e. The SMILES string of the molecule is O=C1CC[C@@]2(O)C3[N@@](CC4CC4)[C@]34C[C@@]23c2c4ccc(O)c2O[C@@H]13. The Labute approximate surface area is 139 Å². The third kappa shape index (κ3) is 0.962. The lowest BCUT2D eigenvalue weighted by molar-refractivity contribution is -0.148. The molecule has 1 aromatic carbocycles. The van der Waals surface area contributed by atoms with Crippen molar-refractivity contribution in [3.05, 3.63) is 23.3 Å². The standard InChI is InChI=1S/C19H19NO4/c21-11-4-3-10-13-14(11)24-15-12(22)5-6-19(23)16-18(10,8-17(13,15)19)20(16)7-9-1-2-9/h3-4,9,15-16,21,23H,1-2,5-8H2/t15-,16?,17-,18-,19+,20+/m0/s1. The normalized spacial score (nSPS) is 51.4. The van der Waals surface area contributed by atoms with E-state index in [1.807, 2.05) is 6.07 Å². The van der Waals surface area contributed by atoms with Gasteiger partial charge in [0.25, 0.3) is 0 Å². The first kappa shape index (κ1) is 12.7. The predicted molar refractivity (Wildman–Crippen MR) is 82.9 cm³/mol. The summed E-state index contributed by atoms with van der Waals surface area (Å²) in [5.74, 6) is 1.40. The fourth-order valence-corrected chi connectivity index (χ4v) is 6.92. The number of aliphatic hydroxyl groups is 1. The van der Waals surface area contributed by atoms with Gasteiger partial charge in [0.05, 0.1) is 22.6 Å². The molecule has 5 nitrogen and oxygen atoms in total. The van der Waals surface area contributed by atoms with Gasteiger partial charge in [0, 0.05) is 18.5 Å². The number of Topliss-reactive ketones (excluding diaryl/α,β-unsaturated/α-hetero) is 1. The largest absolute Gasteiger partial charge is 0.504 e. The van der Waals surface area contributed by atoms with Crippen molar-refractivity contribution in [3.8, 4) is 11.5 Å². The molecule has 2 aliphatic heterocycles. The minimum atomic E-state index is -0.896. The number of piperidine rings is 1. The number of rotatable bonds is 2. The molecule has 1 unspecified atom stereocenters. The number of carbonyl (C=O) groups excluding carboxylic acids is 1. The van der Waals surface area contributed by atoms with Gasteiger partial charge in [-0.25, -0.2) is 0 Å². The van der Waals surface area contributed by atoms with Crippen LogP contribution in [0.3, 0.4) is 0 Å². The molecule has 2 bridgehead atoms. The summed E-state index contributed by atoms with van der Waals surface area (Å²) in [4.78, 5) is 15.1. The Bertz CT molecular complexity index is 863. The number of ether oxygens (including phenoxy) is 1. The second-order valence-corrected chi connectivity index (χ2v) is 8.80. The van der Waals surface area contributed by atoms with Crippen molar-refractivity contribution in [2.75, 3.05) is 6.54 Å². The molecular formula is C19H19NO4. The zero-order chi connectivity index (χ0) is 16.1. The second-order valence-electron chi connectivity index (χ2n) is 8.80. The van der Waals surface area contributed by atoms with E-state index >= 15 is 0 Å². The number of ketones is 1. The van der Waals surface area contributed by atoms with Crippen molar-refractivity contribution in [1.82, 2.24) is 4.90 Å². The number of hydrogen-bond acceptors (Lipinski definition) is 5. The van der Waals surface area contributed by atoms with E-state index in [2.05, 4.69) is 4.90 Å². The number of nitrogens with zero attached hydrogens (tertiary/aromatic N) is 1. The average Bonchev–Trinajstić information content (AvgIpc) is 3.39. The van der Waals surface area contributed by atoms with Gasteiger partial charge < -0.3 is 14.9 Å². The first-order valence-electron chi connectivity index (χ1n) is 9.09. The topological polar surface area (TPSA) is 69.8 Å². The number of hydrogen-bond donors (Lipinski definition) is 2. The van der Waals surface area contributed by atoms with E-state index in [4.69, 9.17) is 4.74 Å². The summed E-state index contributed by atoms with van der Waals surface area (Å²) in [6, 6.07) is 3.83. The Kier molecular flexibility index (Phi) is 1.72. The zero-order valence-corrected chi connectivity index (χ0v) is 13.3. The molecule has 0 amide bonds. The quantitative estimate of drug-likeness (QED) is 0.800. The predicted octanol–water partition coefficient (Wildman–Crippen LogP) is 1.19. The van der Waals surface area contributed by atoms with E-state index < -0.39 is 17.1 Å². The van der Waals surface area contributed by atoms with E-state index in [0.29, 0.717) is 18.6 Å². The third-order valence-electron chi connectivity index (χ3n) is 7.91. The van der Waals surface area contributed by atoms with Gasteiger partial charge in [0.2, 0.25) is 0 Å². The van der Waals surface area contributed by atoms with Gasteiger partial charge in [-0.05, 0) is 43.2 Å². The van der Waals surface area contributed by atoms with Crippen LogP contribution in [-0.4, -0.2) is 45.2 Å². The van der Waals surface area contributed by atoms with Crippen LogP contribution in [-0.2, 0) is 15.7 Å². The van der Waals surface area contributed by atoms with Crippen molar-refractivity contribution in [3.63, 3.8) is 0 Å². The zero-order valence-electron chi connectivity index (χ0n) is 13.3. The van der Waals surface area contributed by atoms with Crippen molar-refractivity contribution < 1.29 is 19.7 Å². The van der Waals surface area contributed by atoms with Crippen LogP contribution in [0.4, 0.5) is 0 Å². The number of benzene rings is 1. The lowest BCUT2D eigenvalue weighted by atomic mass is 9.59. The number of phenols is 1. The van der Waals surface area contributed by atoms with Gasteiger partial charge in [-0.3, -0.25) is 9.69 Å². The van der Waals surface area contributed by atoms with Gasteiger partial charge >= 0.3 is 0 Å². The highest BCUT2D eigenvalue weighted by atomic mass is 16.5. The molecular weight excluding hydrogens is 306 g/mol. The summed E-state index contributed by atoms with van der Waals surface area (Å²) in [7, 11) is 0. The maximum atomic E-state index is 12.6. The molecule has 1 saturated heterocycles. The Balaban J connectivity index is 1.53. The molecule has 2 heterocycles. The number of carbonyl (C=O) groups is 1. The average molecular weight is 325 g/mol. The minimum Gasteiger partial charge on any atom is -0.504 e. The molecule has 5 heteroatoms. The second kappa shape index (κ2) is 3.25. The van der Waals surface area contributed by atoms with Crippen molar-refractivity contribution in [2.24, 2.45) is 5.92 Å². The molecule has 0 aromatic heterocycles. The molecule has 6 atom stereocenters. The first-order valence-corrected chi connectivity index (χ1v) is 9.09. The fraction of sp³-hybridized carbons (Fsp3) is 0.632. The summed E-state index contributed by atoms with van der Waals surface area (Å²) < 4.78 is 5.97. The van der Waals surface area contributed by atoms with Crippen molar-refractivity contribution >= 4 is 5.78 Å². The fourth-order valence-electron chi connectivity index (χ4n) is 6.92. The highest BCUT2D eigenvalue weighted by Gasteiger charge is 2.91. The van der Waals surface area contributed by atoms with Gasteiger partial charge in [-0.2, -0.15) is 0 Å². The van der Waals surface area contributed by atoms with Crippen molar-refractivity contribution in [1.29, 1.82) is 0 Å². The molecule has 0 radical (unpaired) electrons. The first-order chi connectivity index (χ1) is 11.5.